The number of thiophene rings is 1. The van der Waals surface area contributed by atoms with Crippen molar-refractivity contribution in [2.24, 2.45) is 11.8 Å². The van der Waals surface area contributed by atoms with Gasteiger partial charge in [-0.3, -0.25) is 4.79 Å². The summed E-state index contributed by atoms with van der Waals surface area (Å²) < 4.78 is 5.03. The van der Waals surface area contributed by atoms with E-state index in [0.717, 1.165) is 36.1 Å². The van der Waals surface area contributed by atoms with E-state index in [2.05, 4.69) is 6.92 Å². The molecule has 1 aliphatic carbocycles. The molecule has 1 aromatic heterocycles. The van der Waals surface area contributed by atoms with Crippen LogP contribution in [0.5, 0.6) is 0 Å². The summed E-state index contributed by atoms with van der Waals surface area (Å²) in [5, 5.41) is 0.657. The molecular weight excluding hydrogens is 406 g/mol. The van der Waals surface area contributed by atoms with Crippen LogP contribution >= 0.6 is 22.9 Å². The Kier molecular flexibility index (Phi) is 7.01. The van der Waals surface area contributed by atoms with Crippen molar-refractivity contribution in [1.29, 1.82) is 0 Å². The van der Waals surface area contributed by atoms with Crippen LogP contribution < -0.4 is 4.90 Å². The fourth-order valence-corrected chi connectivity index (χ4v) is 5.11. The first-order valence-electron chi connectivity index (χ1n) is 10.1. The Morgan fingerprint density at radius 2 is 1.76 bits per heavy atom. The smallest absolute Gasteiger partial charge is 0.350 e. The van der Waals surface area contributed by atoms with Gasteiger partial charge in [-0.2, -0.15) is 0 Å². The number of hydrogen-bond acceptors (Lipinski definition) is 4. The minimum Gasteiger partial charge on any atom is -0.465 e. The van der Waals surface area contributed by atoms with E-state index >= 15 is 0 Å². The van der Waals surface area contributed by atoms with Crippen molar-refractivity contribution < 1.29 is 14.3 Å². The Morgan fingerprint density at radius 3 is 2.31 bits per heavy atom. The van der Waals surface area contributed by atoms with Crippen LogP contribution in [-0.2, 0) is 9.53 Å². The van der Waals surface area contributed by atoms with Crippen molar-refractivity contribution in [3.05, 3.63) is 40.2 Å². The van der Waals surface area contributed by atoms with Gasteiger partial charge in [-0.1, -0.05) is 30.7 Å². The molecule has 1 saturated carbocycles. The van der Waals surface area contributed by atoms with Crippen molar-refractivity contribution in [3.63, 3.8) is 0 Å². The molecule has 1 fully saturated rings. The molecule has 1 heterocycles. The van der Waals surface area contributed by atoms with Crippen molar-refractivity contribution in [1.82, 2.24) is 0 Å². The molecule has 1 aromatic carbocycles. The number of methoxy groups -OCH3 is 1. The molecule has 0 bridgehead atoms. The van der Waals surface area contributed by atoms with Crippen molar-refractivity contribution in [3.8, 4) is 10.4 Å². The first-order chi connectivity index (χ1) is 13.8. The maximum Gasteiger partial charge on any atom is 0.350 e. The maximum atomic E-state index is 13.5. The maximum absolute atomic E-state index is 13.5. The predicted octanol–water partition coefficient (Wildman–Crippen LogP) is 6.42. The summed E-state index contributed by atoms with van der Waals surface area (Å²) in [6.07, 6.45) is 3.97. The molecule has 6 heteroatoms. The predicted molar refractivity (Wildman–Crippen MR) is 120 cm³/mol. The SMILES string of the molecule is COC(=O)c1sc(-c2ccc(Cl)cc2)cc1N(C(=O)[C@H]1CC[C@H](C)CC1)C(C)C. The zero-order valence-electron chi connectivity index (χ0n) is 17.4. The van der Waals surface area contributed by atoms with Gasteiger partial charge in [0.05, 0.1) is 12.8 Å². The van der Waals surface area contributed by atoms with Crippen molar-refractivity contribution >= 4 is 40.5 Å². The minimum atomic E-state index is -0.416. The van der Waals surface area contributed by atoms with Crippen LogP contribution in [0.4, 0.5) is 5.69 Å². The number of halogens is 1. The minimum absolute atomic E-state index is 0.0120. The quantitative estimate of drug-likeness (QED) is 0.511. The topological polar surface area (TPSA) is 46.6 Å². The van der Waals surface area contributed by atoms with Crippen LogP contribution in [0.2, 0.25) is 5.02 Å². The number of anilines is 1. The summed E-state index contributed by atoms with van der Waals surface area (Å²) in [7, 11) is 1.37. The number of rotatable bonds is 5. The third kappa shape index (κ3) is 4.84. The molecular formula is C23H28ClNO3S. The van der Waals surface area contributed by atoms with Crippen LogP contribution in [-0.4, -0.2) is 25.0 Å². The number of esters is 1. The van der Waals surface area contributed by atoms with Crippen LogP contribution in [0.3, 0.4) is 0 Å². The molecule has 0 radical (unpaired) electrons. The number of ether oxygens (including phenoxy) is 1. The van der Waals surface area contributed by atoms with Gasteiger partial charge in [0, 0.05) is 21.9 Å². The fraction of sp³-hybridized carbons (Fsp3) is 0.478. The van der Waals surface area contributed by atoms with Gasteiger partial charge in [-0.15, -0.1) is 11.3 Å². The highest BCUT2D eigenvalue weighted by Crippen LogP contribution is 2.40. The second kappa shape index (κ2) is 9.31. The first-order valence-corrected chi connectivity index (χ1v) is 11.3. The molecule has 0 atom stereocenters. The monoisotopic (exact) mass is 433 g/mol. The second-order valence-electron chi connectivity index (χ2n) is 8.08. The van der Waals surface area contributed by atoms with Gasteiger partial charge in [0.25, 0.3) is 0 Å². The van der Waals surface area contributed by atoms with Crippen molar-refractivity contribution in [2.45, 2.75) is 52.5 Å². The highest BCUT2D eigenvalue weighted by atomic mass is 35.5. The van der Waals surface area contributed by atoms with Crippen LogP contribution in [0, 0.1) is 11.8 Å². The van der Waals surface area contributed by atoms with E-state index in [1.807, 2.05) is 44.2 Å². The number of carbonyl (C=O) groups excluding carboxylic acids is 2. The van der Waals surface area contributed by atoms with Gasteiger partial charge in [0.2, 0.25) is 5.91 Å². The molecule has 2 aromatic rings. The Balaban J connectivity index is 2.01. The standard InChI is InChI=1S/C23H28ClNO3S/c1-14(2)25(22(26)17-7-5-15(3)6-8-17)19-13-20(29-21(19)23(27)28-4)16-9-11-18(24)12-10-16/h9-15,17H,5-8H2,1-4H3/t15-,17-. The van der Waals surface area contributed by atoms with Gasteiger partial charge in [0.15, 0.2) is 0 Å². The Labute approximate surface area is 181 Å². The molecule has 0 aliphatic heterocycles. The first kappa shape index (κ1) is 21.8. The summed E-state index contributed by atoms with van der Waals surface area (Å²) in [4.78, 5) is 29.2. The number of amides is 1. The Morgan fingerprint density at radius 1 is 1.14 bits per heavy atom. The van der Waals surface area contributed by atoms with E-state index in [1.165, 1.54) is 18.4 Å². The molecule has 4 nitrogen and oxygen atoms in total. The number of hydrogen-bond donors (Lipinski definition) is 0. The summed E-state index contributed by atoms with van der Waals surface area (Å²) in [6.45, 7) is 6.22. The lowest BCUT2D eigenvalue weighted by Gasteiger charge is -2.33. The Hall–Kier alpha value is -1.85. The van der Waals surface area contributed by atoms with Gasteiger partial charge in [-0.25, -0.2) is 4.79 Å². The highest BCUT2D eigenvalue weighted by molar-refractivity contribution is 7.18. The summed E-state index contributed by atoms with van der Waals surface area (Å²) >= 11 is 7.36. The van der Waals surface area contributed by atoms with E-state index in [9.17, 15) is 9.59 Å². The second-order valence-corrected chi connectivity index (χ2v) is 9.57. The van der Waals surface area contributed by atoms with E-state index in [1.54, 1.807) is 4.90 Å². The molecule has 1 amide bonds. The third-order valence-corrected chi connectivity index (χ3v) is 7.00. The summed E-state index contributed by atoms with van der Waals surface area (Å²) in [6, 6.07) is 9.36. The lowest BCUT2D eigenvalue weighted by molar-refractivity contribution is -0.123. The third-order valence-electron chi connectivity index (χ3n) is 5.59. The lowest BCUT2D eigenvalue weighted by atomic mass is 9.82. The average Bonchev–Trinajstić information content (AvgIpc) is 3.13. The summed E-state index contributed by atoms with van der Waals surface area (Å²) in [5.41, 5.74) is 1.60. The van der Waals surface area contributed by atoms with Gasteiger partial charge in [0.1, 0.15) is 4.88 Å². The molecule has 29 heavy (non-hydrogen) atoms. The van der Waals surface area contributed by atoms with Crippen LogP contribution in [0.25, 0.3) is 10.4 Å². The largest absolute Gasteiger partial charge is 0.465 e. The zero-order valence-corrected chi connectivity index (χ0v) is 19.0. The number of nitrogens with zero attached hydrogens (tertiary/aromatic N) is 1. The zero-order chi connectivity index (χ0) is 21.1. The average molecular weight is 434 g/mol. The van der Waals surface area contributed by atoms with Gasteiger partial charge >= 0.3 is 5.97 Å². The van der Waals surface area contributed by atoms with E-state index in [0.29, 0.717) is 21.5 Å². The number of benzene rings is 1. The van der Waals surface area contributed by atoms with Gasteiger partial charge in [-0.05, 0) is 69.2 Å². The molecule has 0 saturated heterocycles. The lowest BCUT2D eigenvalue weighted by Crippen LogP contribution is -2.42. The molecule has 1 aliphatic rings. The van der Waals surface area contributed by atoms with E-state index < -0.39 is 5.97 Å². The molecule has 0 spiro atoms. The summed E-state index contributed by atoms with van der Waals surface area (Å²) in [5.74, 6) is 0.381. The van der Waals surface area contributed by atoms with Crippen LogP contribution in [0.1, 0.15) is 56.1 Å². The van der Waals surface area contributed by atoms with Crippen molar-refractivity contribution in [2.75, 3.05) is 12.0 Å². The molecule has 0 N–H and O–H groups in total. The van der Waals surface area contributed by atoms with Gasteiger partial charge < -0.3 is 9.64 Å². The van der Waals surface area contributed by atoms with E-state index in [4.69, 9.17) is 16.3 Å². The highest BCUT2D eigenvalue weighted by Gasteiger charge is 2.33. The fourth-order valence-electron chi connectivity index (χ4n) is 3.91. The molecule has 156 valence electrons. The van der Waals surface area contributed by atoms with E-state index in [-0.39, 0.29) is 17.9 Å². The Bertz CT molecular complexity index is 867. The number of carbonyl (C=O) groups is 2. The van der Waals surface area contributed by atoms with Crippen LogP contribution in [0.15, 0.2) is 30.3 Å². The molecule has 0 unspecified atom stereocenters. The normalized spacial score (nSPS) is 19.2. The molecule has 3 rings (SSSR count).